The molecule has 5 rings (SSSR count). The zero-order valence-electron chi connectivity index (χ0n) is 19.9. The quantitative estimate of drug-likeness (QED) is 0.596. The van der Waals surface area contributed by atoms with E-state index in [-0.39, 0.29) is 11.8 Å². The summed E-state index contributed by atoms with van der Waals surface area (Å²) in [6, 6.07) is 14.2. The maximum Gasteiger partial charge on any atom is 0.225 e. The van der Waals surface area contributed by atoms with Gasteiger partial charge < -0.3 is 14.7 Å². The molecule has 0 unspecified atom stereocenters. The highest BCUT2D eigenvalue weighted by molar-refractivity contribution is 5.79. The lowest BCUT2D eigenvalue weighted by atomic mass is 9.95. The van der Waals surface area contributed by atoms with Crippen LogP contribution in [0.2, 0.25) is 0 Å². The van der Waals surface area contributed by atoms with Crippen LogP contribution in [-0.2, 0) is 4.79 Å². The van der Waals surface area contributed by atoms with Crippen LogP contribution < -0.4 is 9.80 Å². The highest BCUT2D eigenvalue weighted by Gasteiger charge is 2.31. The second-order valence-corrected chi connectivity index (χ2v) is 9.15. The van der Waals surface area contributed by atoms with Crippen molar-refractivity contribution in [3.8, 4) is 11.3 Å². The number of benzene rings is 1. The standard InChI is InChI=1S/C26H31N7O/c1-19-16-20(2)30-26(29-19)33-10-8-22(9-11-33)25(34)32-14-12-31(13-15-32)24-17-23(27-18-28-24)21-6-4-3-5-7-21/h3-7,16-18,22H,8-15H2,1-2H3. The van der Waals surface area contributed by atoms with Crippen LogP contribution in [-0.4, -0.2) is 70.0 Å². The van der Waals surface area contributed by atoms with Gasteiger partial charge in [0.2, 0.25) is 11.9 Å². The van der Waals surface area contributed by atoms with Crippen LogP contribution in [0, 0.1) is 19.8 Å². The van der Waals surface area contributed by atoms with Gasteiger partial charge >= 0.3 is 0 Å². The van der Waals surface area contributed by atoms with Crippen LogP contribution >= 0.6 is 0 Å². The van der Waals surface area contributed by atoms with Gasteiger partial charge in [-0.2, -0.15) is 0 Å². The molecule has 176 valence electrons. The average Bonchev–Trinajstić information content (AvgIpc) is 2.88. The van der Waals surface area contributed by atoms with Crippen molar-refractivity contribution in [2.24, 2.45) is 5.92 Å². The van der Waals surface area contributed by atoms with Gasteiger partial charge in [-0.3, -0.25) is 4.79 Å². The van der Waals surface area contributed by atoms with Crippen molar-refractivity contribution in [1.29, 1.82) is 0 Å². The number of nitrogens with zero attached hydrogens (tertiary/aromatic N) is 7. The molecular formula is C26H31N7O. The molecule has 0 bridgehead atoms. The molecule has 1 amide bonds. The van der Waals surface area contributed by atoms with E-state index in [0.717, 1.165) is 86.5 Å². The van der Waals surface area contributed by atoms with E-state index in [4.69, 9.17) is 0 Å². The Kier molecular flexibility index (Phi) is 6.38. The fourth-order valence-electron chi connectivity index (χ4n) is 4.88. The number of aryl methyl sites for hydroxylation is 2. The van der Waals surface area contributed by atoms with Crippen molar-refractivity contribution >= 4 is 17.7 Å². The Balaban J connectivity index is 1.15. The molecule has 0 radical (unpaired) electrons. The summed E-state index contributed by atoms with van der Waals surface area (Å²) in [6.07, 6.45) is 3.33. The summed E-state index contributed by atoms with van der Waals surface area (Å²) < 4.78 is 0. The summed E-state index contributed by atoms with van der Waals surface area (Å²) in [5.74, 6) is 2.07. The number of aromatic nitrogens is 4. The lowest BCUT2D eigenvalue weighted by Crippen LogP contribution is -2.52. The first-order chi connectivity index (χ1) is 16.6. The van der Waals surface area contributed by atoms with Crippen LogP contribution in [0.5, 0.6) is 0 Å². The van der Waals surface area contributed by atoms with E-state index < -0.39 is 0 Å². The fraction of sp³-hybridized carbons (Fsp3) is 0.423. The molecule has 8 nitrogen and oxygen atoms in total. The molecule has 2 fully saturated rings. The Morgan fingerprint density at radius 2 is 1.50 bits per heavy atom. The maximum absolute atomic E-state index is 13.2. The van der Waals surface area contributed by atoms with E-state index in [1.165, 1.54) is 0 Å². The molecule has 2 aromatic heterocycles. The number of amides is 1. The van der Waals surface area contributed by atoms with Crippen molar-refractivity contribution < 1.29 is 4.79 Å². The molecule has 8 heteroatoms. The number of carbonyl (C=O) groups excluding carboxylic acids is 1. The lowest BCUT2D eigenvalue weighted by Gasteiger charge is -2.39. The first-order valence-corrected chi connectivity index (χ1v) is 12.1. The monoisotopic (exact) mass is 457 g/mol. The highest BCUT2D eigenvalue weighted by Crippen LogP contribution is 2.25. The fourth-order valence-corrected chi connectivity index (χ4v) is 4.88. The number of rotatable bonds is 4. The minimum absolute atomic E-state index is 0.0810. The van der Waals surface area contributed by atoms with Gasteiger partial charge in [-0.05, 0) is 32.8 Å². The van der Waals surface area contributed by atoms with E-state index >= 15 is 0 Å². The molecule has 34 heavy (non-hydrogen) atoms. The van der Waals surface area contributed by atoms with E-state index in [1.54, 1.807) is 6.33 Å². The van der Waals surface area contributed by atoms with Crippen LogP contribution in [0.1, 0.15) is 24.2 Å². The predicted molar refractivity (Wildman–Crippen MR) is 133 cm³/mol. The van der Waals surface area contributed by atoms with E-state index in [2.05, 4.69) is 41.9 Å². The topological polar surface area (TPSA) is 78.4 Å². The van der Waals surface area contributed by atoms with Gasteiger partial charge in [-0.25, -0.2) is 19.9 Å². The lowest BCUT2D eigenvalue weighted by molar-refractivity contribution is -0.136. The summed E-state index contributed by atoms with van der Waals surface area (Å²) in [7, 11) is 0. The third kappa shape index (κ3) is 4.85. The zero-order valence-corrected chi connectivity index (χ0v) is 19.9. The Morgan fingerprint density at radius 3 is 2.18 bits per heavy atom. The number of piperazine rings is 1. The van der Waals surface area contributed by atoms with Crippen molar-refractivity contribution in [2.75, 3.05) is 49.1 Å². The summed E-state index contributed by atoms with van der Waals surface area (Å²) in [5.41, 5.74) is 3.97. The van der Waals surface area contributed by atoms with Gasteiger partial charge in [-0.1, -0.05) is 30.3 Å². The van der Waals surface area contributed by atoms with Gasteiger partial charge in [0.25, 0.3) is 0 Å². The largest absolute Gasteiger partial charge is 0.353 e. The van der Waals surface area contributed by atoms with Gasteiger partial charge in [0, 0.05) is 68.2 Å². The number of anilines is 2. The Morgan fingerprint density at radius 1 is 0.824 bits per heavy atom. The molecule has 4 heterocycles. The third-order valence-corrected chi connectivity index (χ3v) is 6.74. The molecule has 1 aromatic carbocycles. The number of hydrogen-bond donors (Lipinski definition) is 0. The van der Waals surface area contributed by atoms with E-state index in [0.29, 0.717) is 0 Å². The van der Waals surface area contributed by atoms with Crippen molar-refractivity contribution in [2.45, 2.75) is 26.7 Å². The van der Waals surface area contributed by atoms with Gasteiger partial charge in [-0.15, -0.1) is 0 Å². The second kappa shape index (κ2) is 9.75. The van der Waals surface area contributed by atoms with Gasteiger partial charge in [0.05, 0.1) is 5.69 Å². The zero-order chi connectivity index (χ0) is 23.5. The van der Waals surface area contributed by atoms with Crippen LogP contribution in [0.4, 0.5) is 11.8 Å². The molecular weight excluding hydrogens is 426 g/mol. The number of piperidine rings is 1. The Hall–Kier alpha value is -3.55. The van der Waals surface area contributed by atoms with Gasteiger partial charge in [0.1, 0.15) is 12.1 Å². The Bertz CT molecular complexity index is 1120. The normalized spacial score (nSPS) is 17.2. The second-order valence-electron chi connectivity index (χ2n) is 9.15. The summed E-state index contributed by atoms with van der Waals surface area (Å²) >= 11 is 0. The molecule has 0 atom stereocenters. The number of carbonyl (C=O) groups is 1. The van der Waals surface area contributed by atoms with Crippen molar-refractivity contribution in [3.05, 3.63) is 60.2 Å². The maximum atomic E-state index is 13.2. The highest BCUT2D eigenvalue weighted by atomic mass is 16.2. The van der Waals surface area contributed by atoms with Crippen LogP contribution in [0.3, 0.4) is 0 Å². The van der Waals surface area contributed by atoms with E-state index in [1.807, 2.05) is 49.1 Å². The van der Waals surface area contributed by atoms with Gasteiger partial charge in [0.15, 0.2) is 0 Å². The minimum Gasteiger partial charge on any atom is -0.353 e. The first kappa shape index (κ1) is 22.3. The predicted octanol–water partition coefficient (Wildman–Crippen LogP) is 3.12. The first-order valence-electron chi connectivity index (χ1n) is 12.1. The molecule has 0 N–H and O–H groups in total. The summed E-state index contributed by atoms with van der Waals surface area (Å²) in [5, 5.41) is 0. The molecule has 2 saturated heterocycles. The average molecular weight is 458 g/mol. The minimum atomic E-state index is 0.0810. The smallest absolute Gasteiger partial charge is 0.225 e. The molecule has 0 saturated carbocycles. The third-order valence-electron chi connectivity index (χ3n) is 6.74. The summed E-state index contributed by atoms with van der Waals surface area (Å²) in [6.45, 7) is 8.66. The molecule has 0 spiro atoms. The molecule has 2 aliphatic heterocycles. The molecule has 0 aliphatic carbocycles. The number of hydrogen-bond acceptors (Lipinski definition) is 7. The van der Waals surface area contributed by atoms with Crippen molar-refractivity contribution in [3.63, 3.8) is 0 Å². The molecule has 3 aromatic rings. The van der Waals surface area contributed by atoms with Crippen molar-refractivity contribution in [1.82, 2.24) is 24.8 Å². The summed E-state index contributed by atoms with van der Waals surface area (Å²) in [4.78, 5) is 37.8. The SMILES string of the molecule is Cc1cc(C)nc(N2CCC(C(=O)N3CCN(c4cc(-c5ccccc5)ncn4)CC3)CC2)n1. The van der Waals surface area contributed by atoms with Crippen LogP contribution in [0.25, 0.3) is 11.3 Å². The molecule has 2 aliphatic rings. The van der Waals surface area contributed by atoms with Crippen LogP contribution in [0.15, 0.2) is 48.8 Å². The van der Waals surface area contributed by atoms with E-state index in [9.17, 15) is 4.79 Å². The Labute approximate surface area is 200 Å².